The van der Waals surface area contributed by atoms with E-state index in [9.17, 15) is 0 Å². The highest BCUT2D eigenvalue weighted by molar-refractivity contribution is 7.60. The van der Waals surface area contributed by atoms with E-state index in [1.54, 1.807) is 0 Å². The topological polar surface area (TPSA) is 26.0 Å². The van der Waals surface area contributed by atoms with E-state index >= 15 is 0 Å². The van der Waals surface area contributed by atoms with Gasteiger partial charge in [-0.05, 0) is 41.7 Å². The van der Waals surface area contributed by atoms with Crippen molar-refractivity contribution in [3.05, 3.63) is 103 Å². The molecule has 0 fully saturated rings. The van der Waals surface area contributed by atoms with Gasteiger partial charge in [-0.15, -0.1) is 7.53 Å². The van der Waals surface area contributed by atoms with Crippen molar-refractivity contribution in [1.29, 1.82) is 0 Å². The maximum absolute atomic E-state index is 6.28. The first-order chi connectivity index (χ1) is 16.3. The van der Waals surface area contributed by atoms with Gasteiger partial charge in [0.1, 0.15) is 11.2 Å². The van der Waals surface area contributed by atoms with Gasteiger partial charge in [-0.1, -0.05) is 78.9 Å². The Bertz CT molecular complexity index is 1840. The van der Waals surface area contributed by atoms with Gasteiger partial charge in [0.2, 0.25) is 0 Å². The fourth-order valence-corrected chi connectivity index (χ4v) is 7.34. The Balaban J connectivity index is 1.47. The molecule has 4 aromatic carbocycles. The first-order valence-corrected chi connectivity index (χ1v) is 12.9. The van der Waals surface area contributed by atoms with E-state index in [-0.39, 0.29) is 0 Å². The lowest BCUT2D eigenvalue weighted by Gasteiger charge is -2.08. The molecule has 0 bridgehead atoms. The van der Waals surface area contributed by atoms with Gasteiger partial charge < -0.3 is 4.42 Å². The van der Waals surface area contributed by atoms with Crippen LogP contribution in [0.25, 0.3) is 65.5 Å². The minimum Gasteiger partial charge on any atom is -0.455 e. The third kappa shape index (κ3) is 2.71. The monoisotopic (exact) mass is 441 g/mol. The summed E-state index contributed by atoms with van der Waals surface area (Å²) in [7, 11) is -0.406. The quantitative estimate of drug-likeness (QED) is 0.267. The summed E-state index contributed by atoms with van der Waals surface area (Å²) in [6.45, 7) is 2.36. The molecule has 1 atom stereocenters. The molecule has 33 heavy (non-hydrogen) atoms. The molecule has 0 spiro atoms. The van der Waals surface area contributed by atoms with Crippen LogP contribution < -0.4 is 0 Å². The van der Waals surface area contributed by atoms with Crippen LogP contribution in [0.4, 0.5) is 0 Å². The normalized spacial score (nSPS) is 12.3. The second kappa shape index (κ2) is 7.07. The van der Waals surface area contributed by atoms with Crippen LogP contribution in [0.1, 0.15) is 0 Å². The van der Waals surface area contributed by atoms with Crippen LogP contribution in [0.3, 0.4) is 0 Å². The van der Waals surface area contributed by atoms with Gasteiger partial charge in [0.15, 0.2) is 0 Å². The van der Waals surface area contributed by atoms with Crippen molar-refractivity contribution >= 4 is 50.5 Å². The molecular formula is C30H20NOP. The first-order valence-electron chi connectivity index (χ1n) is 11.1. The molecule has 0 saturated heterocycles. The van der Waals surface area contributed by atoms with Crippen molar-refractivity contribution in [2.24, 2.45) is 6.66 Å². The number of aromatic nitrogens is 1. The minimum atomic E-state index is -0.406. The van der Waals surface area contributed by atoms with Crippen LogP contribution in [0.15, 0.2) is 108 Å². The Hall–Kier alpha value is -3.87. The number of para-hydroxylation sites is 2. The van der Waals surface area contributed by atoms with Gasteiger partial charge in [-0.2, -0.15) is 0 Å². The van der Waals surface area contributed by atoms with Gasteiger partial charge >= 0.3 is 0 Å². The molecule has 7 rings (SSSR count). The summed E-state index contributed by atoms with van der Waals surface area (Å²) >= 11 is 0. The Morgan fingerprint density at radius 2 is 1.21 bits per heavy atom. The molecule has 0 aliphatic heterocycles. The van der Waals surface area contributed by atoms with Crippen LogP contribution in [0, 0.1) is 0 Å². The van der Waals surface area contributed by atoms with Crippen LogP contribution in [-0.2, 0) is 6.66 Å². The molecule has 156 valence electrons. The highest BCUT2D eigenvalue weighted by Gasteiger charge is 2.16. The van der Waals surface area contributed by atoms with Gasteiger partial charge in [0.25, 0.3) is 0 Å². The smallest absolute Gasteiger partial charge is 0.144 e. The third-order valence-corrected chi connectivity index (χ3v) is 8.90. The molecule has 2 nitrogen and oxygen atoms in total. The zero-order chi connectivity index (χ0) is 21.9. The summed E-state index contributed by atoms with van der Waals surface area (Å²) in [6, 6.07) is 36.3. The number of rotatable bonds is 2. The summed E-state index contributed by atoms with van der Waals surface area (Å²) in [4.78, 5) is 5.16. The molecule has 0 aliphatic rings. The van der Waals surface area contributed by atoms with Gasteiger partial charge in [0.05, 0.1) is 11.4 Å². The molecule has 3 heterocycles. The van der Waals surface area contributed by atoms with Crippen molar-refractivity contribution in [3.63, 3.8) is 0 Å². The fourth-order valence-electron chi connectivity index (χ4n) is 5.13. The number of benzene rings is 4. The highest BCUT2D eigenvalue weighted by atomic mass is 31.1. The number of hydrogen-bond acceptors (Lipinski definition) is 2. The zero-order valence-electron chi connectivity index (χ0n) is 18.1. The molecule has 3 heteroatoms. The van der Waals surface area contributed by atoms with Crippen molar-refractivity contribution in [1.82, 2.24) is 4.98 Å². The number of furan rings is 1. The second-order valence-corrected chi connectivity index (χ2v) is 10.5. The average molecular weight is 441 g/mol. The predicted octanol–water partition coefficient (Wildman–Crippen LogP) is 9.14. The maximum Gasteiger partial charge on any atom is 0.144 e. The zero-order valence-corrected chi connectivity index (χ0v) is 19.0. The lowest BCUT2D eigenvalue weighted by Crippen LogP contribution is -1.88. The van der Waals surface area contributed by atoms with Crippen LogP contribution in [0.5, 0.6) is 0 Å². The van der Waals surface area contributed by atoms with Crippen LogP contribution in [0.2, 0.25) is 0 Å². The Kier molecular flexibility index (Phi) is 4.00. The second-order valence-electron chi connectivity index (χ2n) is 8.47. The molecular weight excluding hydrogens is 421 g/mol. The standard InChI is InChI=1S/C30H20NOP/c1-33-28-18-5-3-10-20(28)22-12-7-14-24(30(22)33)26-16-8-15-25(31-26)23-13-6-11-21-19-9-2-4-17-27(19)32-29(21)23/h2-18H,1H3. The molecule has 1 unspecified atom stereocenters. The number of pyridine rings is 1. The van der Waals surface area contributed by atoms with Crippen molar-refractivity contribution in [3.8, 4) is 22.5 Å². The van der Waals surface area contributed by atoms with E-state index in [0.29, 0.717) is 0 Å². The number of hydrogen-bond donors (Lipinski definition) is 0. The number of nitrogens with zero attached hydrogens (tertiary/aromatic N) is 1. The third-order valence-electron chi connectivity index (χ3n) is 6.63. The highest BCUT2D eigenvalue weighted by Crippen LogP contribution is 2.50. The summed E-state index contributed by atoms with van der Waals surface area (Å²) in [5.41, 5.74) is 6.01. The molecule has 0 aliphatic carbocycles. The van der Waals surface area contributed by atoms with Crippen LogP contribution >= 0.6 is 7.53 Å². The van der Waals surface area contributed by atoms with Crippen molar-refractivity contribution < 1.29 is 4.42 Å². The molecule has 0 N–H and O–H groups in total. The van der Waals surface area contributed by atoms with E-state index in [1.807, 2.05) is 12.1 Å². The number of fused-ring (bicyclic) bond motifs is 6. The summed E-state index contributed by atoms with van der Waals surface area (Å²) in [5.74, 6) is 0. The first kappa shape index (κ1) is 18.7. The average Bonchev–Trinajstić information content (AvgIpc) is 3.40. The minimum absolute atomic E-state index is 0.406. The summed E-state index contributed by atoms with van der Waals surface area (Å²) in [6.07, 6.45) is 0. The molecule has 3 aromatic heterocycles. The summed E-state index contributed by atoms with van der Waals surface area (Å²) in [5, 5.41) is 7.87. The lowest BCUT2D eigenvalue weighted by molar-refractivity contribution is 0.670. The van der Waals surface area contributed by atoms with E-state index in [0.717, 1.165) is 38.9 Å². The van der Waals surface area contributed by atoms with Gasteiger partial charge in [-0.3, -0.25) is 0 Å². The molecule has 0 saturated carbocycles. The Morgan fingerprint density at radius 1 is 0.576 bits per heavy atom. The largest absolute Gasteiger partial charge is 0.455 e. The maximum atomic E-state index is 6.28. The van der Waals surface area contributed by atoms with Crippen molar-refractivity contribution in [2.45, 2.75) is 0 Å². The number of aryl methyl sites for hydroxylation is 1. The van der Waals surface area contributed by atoms with Gasteiger partial charge in [0, 0.05) is 32.1 Å². The predicted molar refractivity (Wildman–Crippen MR) is 141 cm³/mol. The lowest BCUT2D eigenvalue weighted by atomic mass is 10.0. The van der Waals surface area contributed by atoms with E-state index in [4.69, 9.17) is 9.40 Å². The van der Waals surface area contributed by atoms with Crippen molar-refractivity contribution in [2.75, 3.05) is 0 Å². The summed E-state index contributed by atoms with van der Waals surface area (Å²) < 4.78 is 6.28. The molecule has 0 amide bonds. The van der Waals surface area contributed by atoms with E-state index < -0.39 is 7.53 Å². The fraction of sp³-hybridized carbons (Fsp3) is 0.0333. The van der Waals surface area contributed by atoms with Gasteiger partial charge in [-0.25, -0.2) is 4.98 Å². The Labute approximate surface area is 192 Å². The van der Waals surface area contributed by atoms with E-state index in [2.05, 4.69) is 97.7 Å². The molecule has 0 radical (unpaired) electrons. The Morgan fingerprint density at radius 3 is 2.09 bits per heavy atom. The SMILES string of the molecule is Cp1c2ccccc2c2cccc(-c3cccc(-c4cccc5c4oc4ccccc45)n3)c21. The molecule has 7 aromatic rings. The van der Waals surface area contributed by atoms with Crippen LogP contribution in [-0.4, -0.2) is 4.98 Å². The van der Waals surface area contributed by atoms with E-state index in [1.165, 1.54) is 26.6 Å².